The minimum absolute atomic E-state index is 0.492. The van der Waals surface area contributed by atoms with E-state index in [1.165, 1.54) is 60.5 Å². The lowest BCUT2D eigenvalue weighted by Crippen LogP contribution is -2.22. The minimum atomic E-state index is 0.492. The summed E-state index contributed by atoms with van der Waals surface area (Å²) < 4.78 is 1.28. The fourth-order valence-electron chi connectivity index (χ4n) is 2.58. The fraction of sp³-hybridized carbons (Fsp3) is 0.667. The number of hydrogen-bond donors (Lipinski definition) is 1. The van der Waals surface area contributed by atoms with Crippen molar-refractivity contribution in [1.29, 1.82) is 0 Å². The van der Waals surface area contributed by atoms with Gasteiger partial charge in [0.1, 0.15) is 0 Å². The third-order valence-electron chi connectivity index (χ3n) is 3.83. The molecule has 0 amide bonds. The van der Waals surface area contributed by atoms with Crippen molar-refractivity contribution in [3.63, 3.8) is 0 Å². The van der Waals surface area contributed by atoms with Crippen LogP contribution in [0, 0.1) is 6.92 Å². The molecule has 0 fully saturated rings. The molecule has 0 bridgehead atoms. The Bertz CT molecular complexity index is 376. The van der Waals surface area contributed by atoms with E-state index in [1.807, 2.05) is 0 Å². The molecule has 114 valence electrons. The molecule has 1 aromatic carbocycles. The van der Waals surface area contributed by atoms with Crippen molar-refractivity contribution in [1.82, 2.24) is 5.32 Å². The van der Waals surface area contributed by atoms with E-state index in [1.54, 1.807) is 0 Å². The van der Waals surface area contributed by atoms with Crippen LogP contribution in [-0.2, 0) is 0 Å². The van der Waals surface area contributed by atoms with Crippen LogP contribution in [0.15, 0.2) is 22.7 Å². The van der Waals surface area contributed by atoms with Crippen LogP contribution in [-0.4, -0.2) is 6.54 Å². The lowest BCUT2D eigenvalue weighted by atomic mass is 9.98. The molecule has 0 saturated carbocycles. The molecule has 20 heavy (non-hydrogen) atoms. The monoisotopic (exact) mass is 339 g/mol. The molecule has 0 radical (unpaired) electrons. The summed E-state index contributed by atoms with van der Waals surface area (Å²) in [5.74, 6) is 0. The summed E-state index contributed by atoms with van der Waals surface area (Å²) in [6.45, 7) is 7.78. The van der Waals surface area contributed by atoms with E-state index in [0.29, 0.717) is 6.04 Å². The Morgan fingerprint density at radius 2 is 1.80 bits per heavy atom. The first-order valence-electron chi connectivity index (χ1n) is 8.19. The van der Waals surface area contributed by atoms with Crippen LogP contribution in [0.1, 0.15) is 76.0 Å². The van der Waals surface area contributed by atoms with Crippen molar-refractivity contribution in [3.8, 4) is 0 Å². The summed E-state index contributed by atoms with van der Waals surface area (Å²) >= 11 is 3.77. The van der Waals surface area contributed by atoms with Crippen LogP contribution in [0.4, 0.5) is 0 Å². The molecular weight excluding hydrogens is 310 g/mol. The van der Waals surface area contributed by atoms with Gasteiger partial charge in [-0.3, -0.25) is 0 Å². The Morgan fingerprint density at radius 3 is 2.50 bits per heavy atom. The summed E-state index contributed by atoms with van der Waals surface area (Å²) in [6.07, 6.45) is 9.19. The van der Waals surface area contributed by atoms with Gasteiger partial charge in [-0.05, 0) is 37.4 Å². The molecule has 0 aromatic heterocycles. The second-order valence-corrected chi connectivity index (χ2v) is 6.48. The fourth-order valence-corrected chi connectivity index (χ4v) is 3.12. The average Bonchev–Trinajstić information content (AvgIpc) is 2.45. The first-order valence-corrected chi connectivity index (χ1v) is 8.98. The van der Waals surface area contributed by atoms with E-state index in [-0.39, 0.29) is 0 Å². The lowest BCUT2D eigenvalue weighted by Gasteiger charge is -2.21. The molecule has 2 heteroatoms. The Hall–Kier alpha value is -0.340. The summed E-state index contributed by atoms with van der Waals surface area (Å²) in [4.78, 5) is 0. The van der Waals surface area contributed by atoms with Gasteiger partial charge in [-0.2, -0.15) is 0 Å². The van der Waals surface area contributed by atoms with Crippen LogP contribution in [0.3, 0.4) is 0 Å². The van der Waals surface area contributed by atoms with E-state index in [0.717, 1.165) is 6.54 Å². The third-order valence-corrected chi connectivity index (χ3v) is 4.92. The molecule has 0 spiro atoms. The van der Waals surface area contributed by atoms with Gasteiger partial charge in [0.2, 0.25) is 0 Å². The van der Waals surface area contributed by atoms with E-state index in [4.69, 9.17) is 0 Å². The van der Waals surface area contributed by atoms with Gasteiger partial charge in [0.15, 0.2) is 0 Å². The molecule has 1 nitrogen and oxygen atoms in total. The van der Waals surface area contributed by atoms with Crippen LogP contribution in [0.5, 0.6) is 0 Å². The van der Waals surface area contributed by atoms with E-state index >= 15 is 0 Å². The molecule has 0 aliphatic heterocycles. The molecule has 1 atom stereocenters. The number of unbranched alkanes of at least 4 members (excludes halogenated alkanes) is 4. The van der Waals surface area contributed by atoms with Crippen LogP contribution in [0.25, 0.3) is 0 Å². The molecule has 0 heterocycles. The largest absolute Gasteiger partial charge is 0.310 e. The third kappa shape index (κ3) is 5.97. The van der Waals surface area contributed by atoms with E-state index in [9.17, 15) is 0 Å². The second kappa shape index (κ2) is 10.4. The van der Waals surface area contributed by atoms with Crippen LogP contribution < -0.4 is 5.32 Å². The number of nitrogens with one attached hydrogen (secondary N) is 1. The van der Waals surface area contributed by atoms with E-state index in [2.05, 4.69) is 60.2 Å². The van der Waals surface area contributed by atoms with Crippen molar-refractivity contribution in [2.75, 3.05) is 6.54 Å². The predicted molar refractivity (Wildman–Crippen MR) is 93.3 cm³/mol. The lowest BCUT2D eigenvalue weighted by molar-refractivity contribution is 0.466. The highest BCUT2D eigenvalue weighted by atomic mass is 79.9. The predicted octanol–water partition coefficient (Wildman–Crippen LogP) is 6.16. The van der Waals surface area contributed by atoms with E-state index < -0.39 is 0 Å². The zero-order chi connectivity index (χ0) is 14.8. The highest BCUT2D eigenvalue weighted by Crippen LogP contribution is 2.29. The van der Waals surface area contributed by atoms with Gasteiger partial charge in [-0.1, -0.05) is 80.1 Å². The second-order valence-electron chi connectivity index (χ2n) is 5.69. The maximum Gasteiger partial charge on any atom is 0.0331 e. The molecule has 1 N–H and O–H groups in total. The highest BCUT2D eigenvalue weighted by Gasteiger charge is 2.14. The van der Waals surface area contributed by atoms with Crippen LogP contribution in [0.2, 0.25) is 0 Å². The number of benzene rings is 1. The van der Waals surface area contributed by atoms with Gasteiger partial charge in [0.25, 0.3) is 0 Å². The number of hydrogen-bond acceptors (Lipinski definition) is 1. The Labute approximate surface area is 133 Å². The molecule has 1 aromatic rings. The standard InChI is InChI=1S/C18H30BrN/c1-4-6-7-8-9-13-17(20-14-5-2)16-12-10-11-15(3)18(16)19/h10-12,17,20H,4-9,13-14H2,1-3H3. The molecule has 0 aliphatic rings. The first kappa shape index (κ1) is 17.7. The van der Waals surface area contributed by atoms with Gasteiger partial charge in [0, 0.05) is 10.5 Å². The SMILES string of the molecule is CCCCCCCC(NCCC)c1cccc(C)c1Br. The zero-order valence-electron chi connectivity index (χ0n) is 13.3. The van der Waals surface area contributed by atoms with Crippen molar-refractivity contribution < 1.29 is 0 Å². The Balaban J connectivity index is 2.61. The van der Waals surface area contributed by atoms with Crippen LogP contribution >= 0.6 is 15.9 Å². The summed E-state index contributed by atoms with van der Waals surface area (Å²) in [5.41, 5.74) is 2.76. The molecule has 0 aliphatic carbocycles. The summed E-state index contributed by atoms with van der Waals surface area (Å²) in [7, 11) is 0. The zero-order valence-corrected chi connectivity index (χ0v) is 14.9. The van der Waals surface area contributed by atoms with Gasteiger partial charge < -0.3 is 5.32 Å². The topological polar surface area (TPSA) is 12.0 Å². The Morgan fingerprint density at radius 1 is 1.05 bits per heavy atom. The van der Waals surface area contributed by atoms with Gasteiger partial charge in [-0.25, -0.2) is 0 Å². The van der Waals surface area contributed by atoms with Crippen molar-refractivity contribution in [2.45, 2.75) is 71.8 Å². The molecule has 1 unspecified atom stereocenters. The van der Waals surface area contributed by atoms with Crippen molar-refractivity contribution in [2.24, 2.45) is 0 Å². The maximum absolute atomic E-state index is 3.77. The number of rotatable bonds is 10. The maximum atomic E-state index is 3.77. The summed E-state index contributed by atoms with van der Waals surface area (Å²) in [6, 6.07) is 7.10. The molecule has 0 saturated heterocycles. The minimum Gasteiger partial charge on any atom is -0.310 e. The Kier molecular flexibility index (Phi) is 9.21. The quantitative estimate of drug-likeness (QED) is 0.503. The van der Waals surface area contributed by atoms with Gasteiger partial charge >= 0.3 is 0 Å². The van der Waals surface area contributed by atoms with Gasteiger partial charge in [-0.15, -0.1) is 0 Å². The number of halogens is 1. The normalized spacial score (nSPS) is 12.6. The number of aryl methyl sites for hydroxylation is 1. The molecular formula is C18H30BrN. The smallest absolute Gasteiger partial charge is 0.0331 e. The van der Waals surface area contributed by atoms with Gasteiger partial charge in [0.05, 0.1) is 0 Å². The summed E-state index contributed by atoms with van der Waals surface area (Å²) in [5, 5.41) is 3.71. The van der Waals surface area contributed by atoms with Crippen molar-refractivity contribution >= 4 is 15.9 Å². The average molecular weight is 340 g/mol. The first-order chi connectivity index (χ1) is 9.70. The van der Waals surface area contributed by atoms with Crippen molar-refractivity contribution in [3.05, 3.63) is 33.8 Å². The molecule has 1 rings (SSSR count). The highest BCUT2D eigenvalue weighted by molar-refractivity contribution is 9.10.